The molecule has 0 fully saturated rings. The number of carboxylic acids is 1. The summed E-state index contributed by atoms with van der Waals surface area (Å²) in [6.07, 6.45) is 26.3. The fourth-order valence-electron chi connectivity index (χ4n) is 3.52. The van der Waals surface area contributed by atoms with Crippen molar-refractivity contribution in [2.24, 2.45) is 0 Å². The lowest BCUT2D eigenvalue weighted by Gasteiger charge is -2.11. The fourth-order valence-corrected chi connectivity index (χ4v) is 3.52. The summed E-state index contributed by atoms with van der Waals surface area (Å²) in [4.78, 5) is 22.3. The van der Waals surface area contributed by atoms with Crippen molar-refractivity contribution in [1.82, 2.24) is 5.32 Å². The minimum absolute atomic E-state index is 0.296. The molecule has 0 aromatic rings. The molecule has 0 aliphatic heterocycles. The Morgan fingerprint density at radius 2 is 1.17 bits per heavy atom. The van der Waals surface area contributed by atoms with Gasteiger partial charge in [-0.1, -0.05) is 96.1 Å². The molecule has 0 aliphatic carbocycles. The number of nitrogens with one attached hydrogen (secondary N) is 1. The SMILES string of the molecule is CCCCCCCCCC/C=C\CCCCCCCCCC(=O)N[C@@H](CO)C(=O)O. The Kier molecular flexibility index (Phi) is 21.3. The summed E-state index contributed by atoms with van der Waals surface area (Å²) in [6, 6.07) is -1.19. The third kappa shape index (κ3) is 19.9. The maximum atomic E-state index is 11.6. The summed E-state index contributed by atoms with van der Waals surface area (Å²) in [6.45, 7) is 1.69. The Labute approximate surface area is 184 Å². The number of unbranched alkanes of at least 4 members (excludes halogenated alkanes) is 15. The second kappa shape index (κ2) is 22.3. The fraction of sp³-hybridized carbons (Fsp3) is 0.840. The van der Waals surface area contributed by atoms with Gasteiger partial charge >= 0.3 is 5.97 Å². The summed E-state index contributed by atoms with van der Waals surface area (Å²) in [5.41, 5.74) is 0. The van der Waals surface area contributed by atoms with Gasteiger partial charge in [-0.15, -0.1) is 0 Å². The number of aliphatic carboxylic acids is 1. The van der Waals surface area contributed by atoms with Gasteiger partial charge in [-0.25, -0.2) is 4.79 Å². The van der Waals surface area contributed by atoms with Crippen LogP contribution in [0.25, 0.3) is 0 Å². The van der Waals surface area contributed by atoms with E-state index in [2.05, 4.69) is 24.4 Å². The minimum atomic E-state index is -1.20. The highest BCUT2D eigenvalue weighted by Gasteiger charge is 2.17. The van der Waals surface area contributed by atoms with E-state index in [1.54, 1.807) is 0 Å². The average molecular weight is 426 g/mol. The van der Waals surface area contributed by atoms with Gasteiger partial charge in [0.2, 0.25) is 5.91 Å². The number of rotatable bonds is 22. The highest BCUT2D eigenvalue weighted by molar-refractivity contribution is 5.83. The predicted octanol–water partition coefficient (Wildman–Crippen LogP) is 6.15. The van der Waals surface area contributed by atoms with E-state index in [1.807, 2.05) is 0 Å². The summed E-state index contributed by atoms with van der Waals surface area (Å²) >= 11 is 0. The van der Waals surface area contributed by atoms with E-state index >= 15 is 0 Å². The Morgan fingerprint density at radius 1 is 0.733 bits per heavy atom. The van der Waals surface area contributed by atoms with Gasteiger partial charge in [0.25, 0.3) is 0 Å². The van der Waals surface area contributed by atoms with Crippen molar-refractivity contribution in [3.05, 3.63) is 12.2 Å². The van der Waals surface area contributed by atoms with Crippen LogP contribution in [-0.2, 0) is 9.59 Å². The zero-order valence-electron chi connectivity index (χ0n) is 19.4. The van der Waals surface area contributed by atoms with Crippen LogP contribution >= 0.6 is 0 Å². The molecule has 0 heterocycles. The van der Waals surface area contributed by atoms with E-state index in [-0.39, 0.29) is 5.91 Å². The molecule has 0 spiro atoms. The second-order valence-corrected chi connectivity index (χ2v) is 8.39. The molecule has 5 nitrogen and oxygen atoms in total. The maximum Gasteiger partial charge on any atom is 0.328 e. The Balaban J connectivity index is 3.30. The Morgan fingerprint density at radius 3 is 1.60 bits per heavy atom. The summed E-state index contributed by atoms with van der Waals surface area (Å²) < 4.78 is 0. The molecule has 0 aromatic heterocycles. The highest BCUT2D eigenvalue weighted by atomic mass is 16.4. The zero-order valence-corrected chi connectivity index (χ0v) is 19.4. The topological polar surface area (TPSA) is 86.6 Å². The van der Waals surface area contributed by atoms with Gasteiger partial charge in [0, 0.05) is 6.42 Å². The number of carbonyl (C=O) groups is 2. The highest BCUT2D eigenvalue weighted by Crippen LogP contribution is 2.12. The molecule has 0 unspecified atom stereocenters. The van der Waals surface area contributed by atoms with Crippen LogP contribution in [0.4, 0.5) is 0 Å². The Bertz CT molecular complexity index is 437. The van der Waals surface area contributed by atoms with Crippen molar-refractivity contribution in [3.63, 3.8) is 0 Å². The molecule has 0 aliphatic rings. The van der Waals surface area contributed by atoms with Crippen molar-refractivity contribution in [1.29, 1.82) is 0 Å². The number of aliphatic hydroxyl groups excluding tert-OH is 1. The first-order valence-electron chi connectivity index (χ1n) is 12.4. The quantitative estimate of drug-likeness (QED) is 0.143. The molecule has 0 radical (unpaired) electrons. The molecule has 0 aromatic carbocycles. The molecule has 0 saturated carbocycles. The van der Waals surface area contributed by atoms with Crippen molar-refractivity contribution in [3.8, 4) is 0 Å². The lowest BCUT2D eigenvalue weighted by atomic mass is 10.1. The van der Waals surface area contributed by atoms with E-state index < -0.39 is 18.6 Å². The molecule has 176 valence electrons. The predicted molar refractivity (Wildman–Crippen MR) is 125 cm³/mol. The van der Waals surface area contributed by atoms with Crippen molar-refractivity contribution >= 4 is 11.9 Å². The van der Waals surface area contributed by atoms with Gasteiger partial charge in [-0.2, -0.15) is 0 Å². The smallest absolute Gasteiger partial charge is 0.328 e. The third-order valence-electron chi connectivity index (χ3n) is 5.48. The molecule has 1 amide bonds. The molecule has 0 saturated heterocycles. The summed E-state index contributed by atoms with van der Waals surface area (Å²) in [7, 11) is 0. The minimum Gasteiger partial charge on any atom is -0.480 e. The summed E-state index contributed by atoms with van der Waals surface area (Å²) in [5.74, 6) is -1.50. The normalized spacial score (nSPS) is 12.3. The van der Waals surface area contributed by atoms with Gasteiger partial charge in [0.15, 0.2) is 0 Å². The largest absolute Gasteiger partial charge is 0.480 e. The standard InChI is InChI=1S/C25H47NO4/c1-2-3-4-5-6-7-8-9-10-11-12-13-14-15-16-17-18-19-20-21-24(28)26-23(22-27)25(29)30/h11-12,23,27H,2-10,13-22H2,1H3,(H,26,28)(H,29,30)/b12-11-/t23-/m0/s1. The van der Waals surface area contributed by atoms with Gasteiger partial charge in [0.1, 0.15) is 6.04 Å². The number of hydrogen-bond donors (Lipinski definition) is 3. The first-order chi connectivity index (χ1) is 14.6. The first kappa shape index (κ1) is 28.6. The van der Waals surface area contributed by atoms with Crippen LogP contribution in [0.1, 0.15) is 122 Å². The number of hydrogen-bond acceptors (Lipinski definition) is 3. The molecule has 1 atom stereocenters. The maximum absolute atomic E-state index is 11.6. The first-order valence-corrected chi connectivity index (χ1v) is 12.4. The van der Waals surface area contributed by atoms with Crippen LogP contribution in [0, 0.1) is 0 Å². The second-order valence-electron chi connectivity index (χ2n) is 8.39. The van der Waals surface area contributed by atoms with E-state index in [0.29, 0.717) is 6.42 Å². The van der Waals surface area contributed by atoms with Crippen LogP contribution < -0.4 is 5.32 Å². The van der Waals surface area contributed by atoms with Crippen LogP contribution in [0.2, 0.25) is 0 Å². The third-order valence-corrected chi connectivity index (χ3v) is 5.48. The number of amides is 1. The molecule has 0 rings (SSSR count). The van der Waals surface area contributed by atoms with Crippen LogP contribution in [0.5, 0.6) is 0 Å². The van der Waals surface area contributed by atoms with Crippen molar-refractivity contribution in [2.75, 3.05) is 6.61 Å². The van der Waals surface area contributed by atoms with Crippen LogP contribution in [-0.4, -0.2) is 34.7 Å². The van der Waals surface area contributed by atoms with Gasteiger partial charge in [0.05, 0.1) is 6.61 Å². The van der Waals surface area contributed by atoms with E-state index in [0.717, 1.165) is 19.3 Å². The zero-order chi connectivity index (χ0) is 22.3. The summed E-state index contributed by atoms with van der Waals surface area (Å²) in [5, 5.41) is 20.0. The molecule has 0 bridgehead atoms. The average Bonchev–Trinajstić information content (AvgIpc) is 2.73. The van der Waals surface area contributed by atoms with E-state index in [4.69, 9.17) is 10.2 Å². The lowest BCUT2D eigenvalue weighted by molar-refractivity contribution is -0.142. The number of allylic oxidation sites excluding steroid dienone is 2. The molecule has 5 heteroatoms. The van der Waals surface area contributed by atoms with Crippen molar-refractivity contribution < 1.29 is 19.8 Å². The monoisotopic (exact) mass is 425 g/mol. The number of carbonyl (C=O) groups excluding carboxylic acids is 1. The van der Waals surface area contributed by atoms with Crippen LogP contribution in [0.3, 0.4) is 0 Å². The van der Waals surface area contributed by atoms with Crippen LogP contribution in [0.15, 0.2) is 12.2 Å². The van der Waals surface area contributed by atoms with Crippen molar-refractivity contribution in [2.45, 2.75) is 129 Å². The number of aliphatic hydroxyl groups is 1. The van der Waals surface area contributed by atoms with Gasteiger partial charge in [-0.05, 0) is 32.1 Å². The molecular weight excluding hydrogens is 378 g/mol. The number of carboxylic acid groups (broad SMARTS) is 1. The molecule has 30 heavy (non-hydrogen) atoms. The van der Waals surface area contributed by atoms with Gasteiger partial charge < -0.3 is 15.5 Å². The van der Waals surface area contributed by atoms with E-state index in [1.165, 1.54) is 89.9 Å². The Hall–Kier alpha value is -1.36. The molecular formula is C25H47NO4. The van der Waals surface area contributed by atoms with E-state index in [9.17, 15) is 9.59 Å². The van der Waals surface area contributed by atoms with Gasteiger partial charge in [-0.3, -0.25) is 4.79 Å². The lowest BCUT2D eigenvalue weighted by Crippen LogP contribution is -2.43. The molecule has 3 N–H and O–H groups in total.